The minimum atomic E-state index is 0.272. The van der Waals surface area contributed by atoms with Crippen molar-refractivity contribution in [1.29, 1.82) is 0 Å². The van der Waals surface area contributed by atoms with Gasteiger partial charge < -0.3 is 5.73 Å². The van der Waals surface area contributed by atoms with E-state index in [0.717, 1.165) is 17.7 Å². The topological polar surface area (TPSA) is 26.0 Å². The van der Waals surface area contributed by atoms with E-state index in [9.17, 15) is 0 Å². The van der Waals surface area contributed by atoms with Gasteiger partial charge in [0.05, 0.1) is 0 Å². The van der Waals surface area contributed by atoms with Crippen LogP contribution in [0.3, 0.4) is 0 Å². The van der Waals surface area contributed by atoms with Crippen molar-refractivity contribution in [3.63, 3.8) is 0 Å². The second-order valence-corrected chi connectivity index (χ2v) is 4.13. The summed E-state index contributed by atoms with van der Waals surface area (Å²) in [7, 11) is 0. The molecule has 0 aliphatic rings. The molecule has 1 nitrogen and oxygen atoms in total. The maximum absolute atomic E-state index is 5.70. The fourth-order valence-corrected chi connectivity index (χ4v) is 1.66. The highest BCUT2D eigenvalue weighted by atomic mass is 32.1. The third-order valence-electron chi connectivity index (χ3n) is 2.11. The molecule has 1 aromatic carbocycles. The smallest absolute Gasteiger partial charge is 0.00746 e. The fourth-order valence-electron chi connectivity index (χ4n) is 1.27. The number of thiol groups is 1. The van der Waals surface area contributed by atoms with Crippen LogP contribution in [0.1, 0.15) is 24.5 Å². The first-order valence-corrected chi connectivity index (χ1v) is 5.08. The molecule has 0 amide bonds. The summed E-state index contributed by atoms with van der Waals surface area (Å²) < 4.78 is 0. The quantitative estimate of drug-likeness (QED) is 0.712. The van der Waals surface area contributed by atoms with Crippen LogP contribution in [0.5, 0.6) is 0 Å². The first-order chi connectivity index (χ1) is 6.09. The zero-order valence-corrected chi connectivity index (χ0v) is 9.14. The molecular weight excluding hydrogens is 178 g/mol. The largest absolute Gasteiger partial charge is 0.328 e. The van der Waals surface area contributed by atoms with Crippen LogP contribution >= 0.6 is 12.6 Å². The third-order valence-corrected chi connectivity index (χ3v) is 2.53. The Morgan fingerprint density at radius 3 is 2.69 bits per heavy atom. The predicted octanol–water partition coefficient (Wildman–Crippen LogP) is 2.56. The molecular formula is C11H17NS. The zero-order valence-electron chi connectivity index (χ0n) is 8.25. The van der Waals surface area contributed by atoms with Gasteiger partial charge in [-0.15, -0.1) is 12.6 Å². The summed E-state index contributed by atoms with van der Waals surface area (Å²) in [6.45, 7) is 4.11. The Kier molecular flexibility index (Phi) is 3.82. The second kappa shape index (κ2) is 4.68. The summed E-state index contributed by atoms with van der Waals surface area (Å²) in [4.78, 5) is 1.08. The van der Waals surface area contributed by atoms with Gasteiger partial charge in [0.15, 0.2) is 0 Å². The molecule has 2 heteroatoms. The number of benzene rings is 1. The monoisotopic (exact) mass is 195 g/mol. The van der Waals surface area contributed by atoms with Gasteiger partial charge in [-0.25, -0.2) is 0 Å². The molecule has 0 saturated heterocycles. The van der Waals surface area contributed by atoms with Crippen molar-refractivity contribution in [2.24, 2.45) is 5.73 Å². The second-order valence-electron chi connectivity index (χ2n) is 3.65. The Bertz CT molecular complexity index is 281. The molecule has 0 bridgehead atoms. The van der Waals surface area contributed by atoms with Gasteiger partial charge in [-0.05, 0) is 38.3 Å². The number of hydrogen-bond donors (Lipinski definition) is 2. The van der Waals surface area contributed by atoms with E-state index >= 15 is 0 Å². The third kappa shape index (κ3) is 3.41. The fraction of sp³-hybridized carbons (Fsp3) is 0.455. The summed E-state index contributed by atoms with van der Waals surface area (Å²) in [5.41, 5.74) is 8.25. The summed E-state index contributed by atoms with van der Waals surface area (Å²) in [6, 6.07) is 6.63. The highest BCUT2D eigenvalue weighted by Crippen LogP contribution is 2.17. The molecule has 1 atom stereocenters. The van der Waals surface area contributed by atoms with E-state index in [0.29, 0.717) is 0 Å². The van der Waals surface area contributed by atoms with Crippen LogP contribution in [0, 0.1) is 6.92 Å². The molecule has 1 rings (SSSR count). The normalized spacial score (nSPS) is 12.9. The molecule has 0 spiro atoms. The van der Waals surface area contributed by atoms with E-state index < -0.39 is 0 Å². The van der Waals surface area contributed by atoms with Crippen molar-refractivity contribution in [2.45, 2.75) is 37.6 Å². The van der Waals surface area contributed by atoms with Crippen molar-refractivity contribution in [2.75, 3.05) is 0 Å². The first kappa shape index (κ1) is 10.6. The van der Waals surface area contributed by atoms with Crippen molar-refractivity contribution in [1.82, 2.24) is 0 Å². The standard InChI is InChI=1S/C11H17NS/c1-8-3-5-10(11(13)7-8)6-4-9(2)12/h3,5,7,9,13H,4,6,12H2,1-2H3/t9-/m0/s1. The number of hydrogen-bond acceptors (Lipinski definition) is 2. The molecule has 0 fully saturated rings. The van der Waals surface area contributed by atoms with E-state index in [-0.39, 0.29) is 6.04 Å². The SMILES string of the molecule is Cc1ccc(CC[C@H](C)N)c(S)c1. The highest BCUT2D eigenvalue weighted by Gasteiger charge is 2.00. The summed E-state index contributed by atoms with van der Waals surface area (Å²) in [5, 5.41) is 0. The van der Waals surface area contributed by atoms with Gasteiger partial charge in [-0.2, -0.15) is 0 Å². The summed E-state index contributed by atoms with van der Waals surface area (Å²) in [5.74, 6) is 0. The van der Waals surface area contributed by atoms with Gasteiger partial charge in [0.1, 0.15) is 0 Å². The molecule has 0 aromatic heterocycles. The van der Waals surface area contributed by atoms with Gasteiger partial charge in [-0.1, -0.05) is 17.7 Å². The summed E-state index contributed by atoms with van der Waals surface area (Å²) in [6.07, 6.45) is 2.05. The van der Waals surface area contributed by atoms with Gasteiger partial charge in [0, 0.05) is 10.9 Å². The predicted molar refractivity (Wildman–Crippen MR) is 60.4 cm³/mol. The van der Waals surface area contributed by atoms with Crippen molar-refractivity contribution in [3.8, 4) is 0 Å². The maximum Gasteiger partial charge on any atom is 0.00746 e. The maximum atomic E-state index is 5.70. The lowest BCUT2D eigenvalue weighted by molar-refractivity contribution is 0.662. The van der Waals surface area contributed by atoms with Gasteiger partial charge >= 0.3 is 0 Å². The molecule has 72 valence electrons. The number of rotatable bonds is 3. The lowest BCUT2D eigenvalue weighted by Gasteiger charge is -2.07. The van der Waals surface area contributed by atoms with Crippen LogP contribution < -0.4 is 5.73 Å². The van der Waals surface area contributed by atoms with E-state index in [1.165, 1.54) is 11.1 Å². The Morgan fingerprint density at radius 1 is 1.46 bits per heavy atom. The Morgan fingerprint density at radius 2 is 2.15 bits per heavy atom. The van der Waals surface area contributed by atoms with Gasteiger partial charge in [0.2, 0.25) is 0 Å². The highest BCUT2D eigenvalue weighted by molar-refractivity contribution is 7.80. The molecule has 1 aromatic rings. The zero-order chi connectivity index (χ0) is 9.84. The molecule has 0 aliphatic carbocycles. The van der Waals surface area contributed by atoms with E-state index in [4.69, 9.17) is 5.73 Å². The van der Waals surface area contributed by atoms with Crippen molar-refractivity contribution in [3.05, 3.63) is 29.3 Å². The van der Waals surface area contributed by atoms with E-state index in [1.54, 1.807) is 0 Å². The van der Waals surface area contributed by atoms with Crippen molar-refractivity contribution < 1.29 is 0 Å². The van der Waals surface area contributed by atoms with Gasteiger partial charge in [-0.3, -0.25) is 0 Å². The molecule has 0 aliphatic heterocycles. The average molecular weight is 195 g/mol. The minimum Gasteiger partial charge on any atom is -0.328 e. The molecule has 0 saturated carbocycles. The Balaban J connectivity index is 2.67. The molecule has 0 radical (unpaired) electrons. The van der Waals surface area contributed by atoms with Gasteiger partial charge in [0.25, 0.3) is 0 Å². The Hall–Kier alpha value is -0.470. The molecule has 0 unspecified atom stereocenters. The lowest BCUT2D eigenvalue weighted by Crippen LogP contribution is -2.15. The van der Waals surface area contributed by atoms with Crippen LogP contribution in [0.15, 0.2) is 23.1 Å². The van der Waals surface area contributed by atoms with Crippen molar-refractivity contribution >= 4 is 12.6 Å². The summed E-state index contributed by atoms with van der Waals surface area (Å²) >= 11 is 4.43. The molecule has 2 N–H and O–H groups in total. The van der Waals surface area contributed by atoms with Crippen LogP contribution in [0.4, 0.5) is 0 Å². The van der Waals surface area contributed by atoms with Crippen LogP contribution in [0.25, 0.3) is 0 Å². The van der Waals surface area contributed by atoms with Crippen LogP contribution in [-0.4, -0.2) is 6.04 Å². The number of nitrogens with two attached hydrogens (primary N) is 1. The van der Waals surface area contributed by atoms with Crippen LogP contribution in [-0.2, 0) is 6.42 Å². The van der Waals surface area contributed by atoms with E-state index in [2.05, 4.69) is 37.8 Å². The lowest BCUT2D eigenvalue weighted by atomic mass is 10.1. The Labute approximate surface area is 85.8 Å². The minimum absolute atomic E-state index is 0.272. The van der Waals surface area contributed by atoms with Crippen LogP contribution in [0.2, 0.25) is 0 Å². The molecule has 0 heterocycles. The average Bonchev–Trinajstić information content (AvgIpc) is 2.02. The first-order valence-electron chi connectivity index (χ1n) is 4.63. The molecule has 13 heavy (non-hydrogen) atoms. The van der Waals surface area contributed by atoms with E-state index in [1.807, 2.05) is 6.92 Å². The number of aryl methyl sites for hydroxylation is 2.